The van der Waals surface area contributed by atoms with E-state index in [0.717, 1.165) is 31.6 Å². The molecule has 0 fully saturated rings. The number of ether oxygens (including phenoxy) is 1. The Morgan fingerprint density at radius 2 is 1.86 bits per heavy atom. The molecular formula is C22H15Cl2NO2S2. The third-order valence-corrected chi connectivity index (χ3v) is 6.75. The number of carbonyl (C=O) groups excluding carboxylic acids is 1. The Labute approximate surface area is 186 Å². The Morgan fingerprint density at radius 3 is 2.59 bits per heavy atom. The molecule has 4 aromatic rings. The number of hydrogen-bond acceptors (Lipinski definition) is 5. The van der Waals surface area contributed by atoms with Crippen molar-refractivity contribution >= 4 is 51.8 Å². The van der Waals surface area contributed by atoms with Crippen molar-refractivity contribution in [3.63, 3.8) is 0 Å². The molecule has 4 rings (SSSR count). The molecule has 0 spiro atoms. The Bertz CT molecular complexity index is 1130. The second kappa shape index (κ2) is 9.09. The molecule has 0 unspecified atom stereocenters. The van der Waals surface area contributed by atoms with Gasteiger partial charge in [0.15, 0.2) is 0 Å². The van der Waals surface area contributed by atoms with Crippen molar-refractivity contribution in [2.75, 3.05) is 0 Å². The molecule has 0 N–H and O–H groups in total. The van der Waals surface area contributed by atoms with E-state index in [1.807, 2.05) is 47.8 Å². The molecule has 2 aromatic carbocycles. The lowest BCUT2D eigenvalue weighted by molar-refractivity contribution is -0.144. The van der Waals surface area contributed by atoms with Crippen molar-refractivity contribution in [2.45, 2.75) is 13.0 Å². The monoisotopic (exact) mass is 459 g/mol. The SMILES string of the molecule is O=C(Cc1sc(-c2ccccc2)nc1-c1cccs1)OCc1ccc(Cl)cc1Cl. The number of rotatable bonds is 6. The van der Waals surface area contributed by atoms with E-state index < -0.39 is 0 Å². The largest absolute Gasteiger partial charge is 0.460 e. The number of esters is 1. The summed E-state index contributed by atoms with van der Waals surface area (Å²) in [5.74, 6) is -0.322. The zero-order valence-electron chi connectivity index (χ0n) is 15.1. The van der Waals surface area contributed by atoms with Crippen molar-refractivity contribution in [3.05, 3.63) is 86.5 Å². The summed E-state index contributed by atoms with van der Waals surface area (Å²) in [5.41, 5.74) is 2.59. The van der Waals surface area contributed by atoms with Crippen LogP contribution in [0.5, 0.6) is 0 Å². The zero-order chi connectivity index (χ0) is 20.2. The lowest BCUT2D eigenvalue weighted by atomic mass is 10.2. The average molecular weight is 460 g/mol. The summed E-state index contributed by atoms with van der Waals surface area (Å²) in [6, 6.07) is 19.1. The first-order chi connectivity index (χ1) is 14.1. The molecule has 0 saturated carbocycles. The summed E-state index contributed by atoms with van der Waals surface area (Å²) in [6.45, 7) is 0.105. The van der Waals surface area contributed by atoms with Gasteiger partial charge in [-0.3, -0.25) is 4.79 Å². The minimum Gasteiger partial charge on any atom is -0.460 e. The molecule has 0 aliphatic carbocycles. The van der Waals surface area contributed by atoms with Crippen LogP contribution in [0.3, 0.4) is 0 Å². The van der Waals surface area contributed by atoms with Crippen LogP contribution in [0.4, 0.5) is 0 Å². The van der Waals surface area contributed by atoms with Crippen molar-refractivity contribution in [2.24, 2.45) is 0 Å². The van der Waals surface area contributed by atoms with Crippen LogP contribution in [-0.4, -0.2) is 11.0 Å². The first-order valence-electron chi connectivity index (χ1n) is 8.78. The molecule has 2 aromatic heterocycles. The number of carbonyl (C=O) groups is 1. The number of thiazole rings is 1. The van der Waals surface area contributed by atoms with E-state index in [2.05, 4.69) is 0 Å². The van der Waals surface area contributed by atoms with Crippen LogP contribution in [0, 0.1) is 0 Å². The topological polar surface area (TPSA) is 39.2 Å². The van der Waals surface area contributed by atoms with Crippen molar-refractivity contribution < 1.29 is 9.53 Å². The van der Waals surface area contributed by atoms with Crippen LogP contribution < -0.4 is 0 Å². The number of halogens is 2. The van der Waals surface area contributed by atoms with Gasteiger partial charge in [0, 0.05) is 26.0 Å². The van der Waals surface area contributed by atoms with Crippen molar-refractivity contribution in [1.82, 2.24) is 4.98 Å². The summed E-state index contributed by atoms with van der Waals surface area (Å²) < 4.78 is 5.46. The van der Waals surface area contributed by atoms with Gasteiger partial charge in [0.2, 0.25) is 0 Å². The summed E-state index contributed by atoms with van der Waals surface area (Å²) in [4.78, 5) is 19.2. The molecule has 0 atom stereocenters. The van der Waals surface area contributed by atoms with E-state index in [9.17, 15) is 4.79 Å². The second-order valence-electron chi connectivity index (χ2n) is 6.21. The van der Waals surface area contributed by atoms with Gasteiger partial charge in [-0.05, 0) is 23.6 Å². The highest BCUT2D eigenvalue weighted by atomic mass is 35.5. The molecule has 7 heteroatoms. The molecule has 146 valence electrons. The number of nitrogens with zero attached hydrogens (tertiary/aromatic N) is 1. The van der Waals surface area contributed by atoms with E-state index >= 15 is 0 Å². The van der Waals surface area contributed by atoms with Crippen LogP contribution >= 0.6 is 45.9 Å². The second-order valence-corrected chi connectivity index (χ2v) is 9.08. The van der Waals surface area contributed by atoms with Gasteiger partial charge in [-0.15, -0.1) is 22.7 Å². The highest BCUT2D eigenvalue weighted by molar-refractivity contribution is 7.17. The molecule has 0 radical (unpaired) electrons. The molecule has 0 amide bonds. The predicted molar refractivity (Wildman–Crippen MR) is 121 cm³/mol. The van der Waals surface area contributed by atoms with Gasteiger partial charge in [-0.25, -0.2) is 4.98 Å². The van der Waals surface area contributed by atoms with Crippen LogP contribution in [0.15, 0.2) is 66.0 Å². The number of hydrogen-bond donors (Lipinski definition) is 0. The molecule has 0 aliphatic rings. The third kappa shape index (κ3) is 4.87. The predicted octanol–water partition coefficient (Wildman–Crippen LogP) is 7.13. The van der Waals surface area contributed by atoms with Gasteiger partial charge in [-0.1, -0.05) is 65.7 Å². The van der Waals surface area contributed by atoms with Crippen LogP contribution in [0.1, 0.15) is 10.4 Å². The molecule has 0 aliphatic heterocycles. The normalized spacial score (nSPS) is 10.8. The van der Waals surface area contributed by atoms with E-state index in [0.29, 0.717) is 10.0 Å². The zero-order valence-corrected chi connectivity index (χ0v) is 18.2. The van der Waals surface area contributed by atoms with E-state index in [4.69, 9.17) is 32.9 Å². The number of thiophene rings is 1. The molecule has 0 saturated heterocycles. The summed E-state index contributed by atoms with van der Waals surface area (Å²) in [7, 11) is 0. The maximum atomic E-state index is 12.5. The van der Waals surface area contributed by atoms with Gasteiger partial charge in [0.1, 0.15) is 11.6 Å². The Kier molecular flexibility index (Phi) is 6.31. The maximum absolute atomic E-state index is 12.5. The molecule has 0 bridgehead atoms. The van der Waals surface area contributed by atoms with E-state index in [1.54, 1.807) is 29.5 Å². The van der Waals surface area contributed by atoms with Gasteiger partial charge in [0.25, 0.3) is 0 Å². The molecule has 2 heterocycles. The van der Waals surface area contributed by atoms with E-state index in [-0.39, 0.29) is 19.0 Å². The summed E-state index contributed by atoms with van der Waals surface area (Å²) >= 11 is 15.2. The molecule has 3 nitrogen and oxygen atoms in total. The third-order valence-electron chi connectivity index (χ3n) is 4.18. The maximum Gasteiger partial charge on any atom is 0.311 e. The van der Waals surface area contributed by atoms with Gasteiger partial charge >= 0.3 is 5.97 Å². The van der Waals surface area contributed by atoms with Crippen molar-refractivity contribution in [1.29, 1.82) is 0 Å². The van der Waals surface area contributed by atoms with Gasteiger partial charge in [-0.2, -0.15) is 0 Å². The standard InChI is InChI=1S/C22H15Cl2NO2S2/c23-16-9-8-15(17(24)11-16)13-27-20(26)12-19-21(18-7-4-10-28-18)25-22(29-19)14-5-2-1-3-6-14/h1-11H,12-13H2. The minimum atomic E-state index is -0.322. The smallest absolute Gasteiger partial charge is 0.311 e. The molecular weight excluding hydrogens is 445 g/mol. The Morgan fingerprint density at radius 1 is 1.03 bits per heavy atom. The summed E-state index contributed by atoms with van der Waals surface area (Å²) in [5, 5.41) is 3.91. The fourth-order valence-corrected chi connectivity index (χ4v) is 5.10. The fraction of sp³-hybridized carbons (Fsp3) is 0.0909. The quantitative estimate of drug-likeness (QED) is 0.287. The first-order valence-corrected chi connectivity index (χ1v) is 11.2. The molecule has 29 heavy (non-hydrogen) atoms. The first kappa shape index (κ1) is 20.1. The number of benzene rings is 2. The lowest BCUT2D eigenvalue weighted by Gasteiger charge is -2.07. The minimum absolute atomic E-state index is 0.105. The van der Waals surface area contributed by atoms with Crippen LogP contribution in [-0.2, 0) is 22.6 Å². The number of aromatic nitrogens is 1. The van der Waals surface area contributed by atoms with Gasteiger partial charge in [0.05, 0.1) is 17.0 Å². The lowest BCUT2D eigenvalue weighted by Crippen LogP contribution is -2.08. The van der Waals surface area contributed by atoms with E-state index in [1.165, 1.54) is 11.3 Å². The highest BCUT2D eigenvalue weighted by Gasteiger charge is 2.18. The Hall–Kier alpha value is -2.18. The Balaban J connectivity index is 1.54. The highest BCUT2D eigenvalue weighted by Crippen LogP contribution is 2.36. The average Bonchev–Trinajstić information content (AvgIpc) is 3.38. The van der Waals surface area contributed by atoms with Crippen molar-refractivity contribution in [3.8, 4) is 21.1 Å². The van der Waals surface area contributed by atoms with Gasteiger partial charge < -0.3 is 4.74 Å². The van der Waals surface area contributed by atoms with Crippen LogP contribution in [0.2, 0.25) is 10.0 Å². The summed E-state index contributed by atoms with van der Waals surface area (Å²) in [6.07, 6.45) is 0.156. The van der Waals surface area contributed by atoms with Crippen LogP contribution in [0.25, 0.3) is 21.1 Å². The fourth-order valence-electron chi connectivity index (χ4n) is 2.76.